The Morgan fingerprint density at radius 2 is 1.98 bits per heavy atom. The fourth-order valence-corrected chi connectivity index (χ4v) is 7.82. The normalized spacial score (nSPS) is 25.0. The molecule has 0 spiro atoms. The maximum absolute atomic E-state index is 13.7. The number of hydrogen-bond acceptors (Lipinski definition) is 7. The highest BCUT2D eigenvalue weighted by molar-refractivity contribution is 8.04. The SMILES string of the molecule is CNC/C=C/C(=O)N1CCC[C@@H](NC(=O)C2=C3NC(=O)N(c4ccc(Oc5ccccc5)cc4C)C4CCNC(S2)C34)C1. The summed E-state index contributed by atoms with van der Waals surface area (Å²) in [6.45, 7) is 4.51. The van der Waals surface area contributed by atoms with Crippen molar-refractivity contribution in [1.29, 1.82) is 0 Å². The fraction of sp³-hybridized carbons (Fsp3) is 0.406. The van der Waals surface area contributed by atoms with Gasteiger partial charge in [-0.1, -0.05) is 36.0 Å². The van der Waals surface area contributed by atoms with Gasteiger partial charge in [0.05, 0.1) is 16.3 Å². The first-order valence-electron chi connectivity index (χ1n) is 14.9. The molecule has 0 aliphatic carbocycles. The number of anilines is 1. The molecule has 3 fully saturated rings. The second-order valence-corrected chi connectivity index (χ2v) is 12.5. The molecule has 10 nitrogen and oxygen atoms in total. The number of hydrogen-bond donors (Lipinski definition) is 4. The molecule has 226 valence electrons. The molecule has 2 aromatic rings. The van der Waals surface area contributed by atoms with E-state index in [1.54, 1.807) is 17.1 Å². The van der Waals surface area contributed by atoms with Crippen molar-refractivity contribution in [3.63, 3.8) is 0 Å². The monoisotopic (exact) mass is 602 g/mol. The number of para-hydroxylation sites is 1. The molecule has 3 saturated heterocycles. The van der Waals surface area contributed by atoms with Crippen LogP contribution in [-0.4, -0.2) is 73.4 Å². The highest BCUT2D eigenvalue weighted by Gasteiger charge is 2.52. The van der Waals surface area contributed by atoms with E-state index in [-0.39, 0.29) is 41.2 Å². The van der Waals surface area contributed by atoms with Crippen LogP contribution in [0.15, 0.2) is 71.3 Å². The smallest absolute Gasteiger partial charge is 0.326 e. The lowest BCUT2D eigenvalue weighted by Gasteiger charge is -2.46. The number of piperidine rings is 2. The Morgan fingerprint density at radius 1 is 1.14 bits per heavy atom. The molecule has 4 heterocycles. The van der Waals surface area contributed by atoms with Crippen molar-refractivity contribution in [1.82, 2.24) is 26.2 Å². The van der Waals surface area contributed by atoms with Crippen LogP contribution in [0.4, 0.5) is 10.5 Å². The Bertz CT molecular complexity index is 1450. The number of rotatable bonds is 8. The van der Waals surface area contributed by atoms with Crippen LogP contribution in [0.25, 0.3) is 0 Å². The molecule has 43 heavy (non-hydrogen) atoms. The lowest BCUT2D eigenvalue weighted by Crippen LogP contribution is -2.62. The third-order valence-corrected chi connectivity index (χ3v) is 9.76. The van der Waals surface area contributed by atoms with Crippen molar-refractivity contribution < 1.29 is 19.1 Å². The van der Waals surface area contributed by atoms with Gasteiger partial charge in [-0.05, 0) is 75.7 Å². The first-order chi connectivity index (χ1) is 20.9. The van der Waals surface area contributed by atoms with Crippen molar-refractivity contribution in [2.45, 2.75) is 43.6 Å². The van der Waals surface area contributed by atoms with Gasteiger partial charge >= 0.3 is 6.03 Å². The maximum Gasteiger partial charge on any atom is 0.326 e. The average molecular weight is 603 g/mol. The van der Waals surface area contributed by atoms with Crippen LogP contribution < -0.4 is 30.9 Å². The van der Waals surface area contributed by atoms with Gasteiger partial charge in [0.1, 0.15) is 11.5 Å². The molecule has 0 bridgehead atoms. The minimum Gasteiger partial charge on any atom is -0.457 e. The molecule has 4 aliphatic rings. The molecule has 4 atom stereocenters. The number of ether oxygens (including phenoxy) is 1. The van der Waals surface area contributed by atoms with Crippen LogP contribution in [0.1, 0.15) is 24.8 Å². The van der Waals surface area contributed by atoms with Gasteiger partial charge in [0.2, 0.25) is 5.91 Å². The van der Waals surface area contributed by atoms with Gasteiger partial charge in [-0.15, -0.1) is 0 Å². The number of likely N-dealkylation sites (N-methyl/N-ethyl adjacent to an activating group) is 1. The van der Waals surface area contributed by atoms with E-state index in [0.29, 0.717) is 36.0 Å². The average Bonchev–Trinajstić information content (AvgIpc) is 3.38. The Kier molecular flexibility index (Phi) is 8.73. The molecule has 4 aliphatic heterocycles. The first-order valence-corrected chi connectivity index (χ1v) is 15.8. The quantitative estimate of drug-likeness (QED) is 0.342. The Hall–Kier alpha value is -3.80. The third-order valence-electron chi connectivity index (χ3n) is 8.40. The number of likely N-dealkylation sites (tertiary alicyclic amines) is 1. The number of carbonyl (C=O) groups excluding carboxylic acids is 3. The number of amides is 4. The standard InChI is InChI=1S/C32H38N6O4S/c1-20-18-23(42-22-9-4-3-5-10-22)12-13-24(20)38-25-14-16-34-31-27(25)28(36-32(38)41)29(43-31)30(40)35-21-8-7-17-37(19-21)26(39)11-6-15-33-2/h3-6,9-13,18,21,25,27,31,33-34H,7-8,14-17,19H2,1-2H3,(H,35,40)(H,36,41)/b11-6+/t21-,25?,27?,31?/m1/s1. The van der Waals surface area contributed by atoms with Gasteiger partial charge in [-0.3, -0.25) is 14.5 Å². The van der Waals surface area contributed by atoms with Crippen LogP contribution in [0.3, 0.4) is 0 Å². The molecule has 2 aromatic carbocycles. The van der Waals surface area contributed by atoms with Crippen molar-refractivity contribution in [2.24, 2.45) is 5.92 Å². The van der Waals surface area contributed by atoms with E-state index < -0.39 is 0 Å². The zero-order valence-corrected chi connectivity index (χ0v) is 25.3. The van der Waals surface area contributed by atoms with E-state index in [1.165, 1.54) is 11.8 Å². The first kappa shape index (κ1) is 29.3. The summed E-state index contributed by atoms with van der Waals surface area (Å²) in [7, 11) is 1.83. The molecular formula is C32H38N6O4S. The molecular weight excluding hydrogens is 564 g/mol. The largest absolute Gasteiger partial charge is 0.457 e. The minimum absolute atomic E-state index is 0.0136. The van der Waals surface area contributed by atoms with Crippen LogP contribution in [0.2, 0.25) is 0 Å². The summed E-state index contributed by atoms with van der Waals surface area (Å²) in [5, 5.41) is 12.8. The van der Waals surface area contributed by atoms with E-state index in [1.807, 2.05) is 67.4 Å². The van der Waals surface area contributed by atoms with Crippen LogP contribution >= 0.6 is 11.8 Å². The lowest BCUT2D eigenvalue weighted by molar-refractivity contribution is -0.128. The summed E-state index contributed by atoms with van der Waals surface area (Å²) in [6.07, 6.45) is 5.80. The number of thioether (sulfide) groups is 1. The van der Waals surface area contributed by atoms with Crippen molar-refractivity contribution in [3.8, 4) is 11.5 Å². The number of urea groups is 1. The lowest BCUT2D eigenvalue weighted by atomic mass is 9.86. The highest BCUT2D eigenvalue weighted by atomic mass is 32.2. The third kappa shape index (κ3) is 6.15. The van der Waals surface area contributed by atoms with Gasteiger partial charge < -0.3 is 30.9 Å². The molecule has 4 N–H and O–H groups in total. The van der Waals surface area contributed by atoms with Gasteiger partial charge in [0.15, 0.2) is 0 Å². The molecule has 4 amide bonds. The molecule has 0 saturated carbocycles. The Balaban J connectivity index is 1.17. The van der Waals surface area contributed by atoms with Crippen LogP contribution in [0, 0.1) is 12.8 Å². The summed E-state index contributed by atoms with van der Waals surface area (Å²) in [4.78, 5) is 44.1. The molecule has 0 aromatic heterocycles. The van der Waals surface area contributed by atoms with Crippen molar-refractivity contribution in [2.75, 3.05) is 38.1 Å². The summed E-state index contributed by atoms with van der Waals surface area (Å²) >= 11 is 1.49. The summed E-state index contributed by atoms with van der Waals surface area (Å²) in [5.41, 5.74) is 2.47. The zero-order chi connectivity index (χ0) is 29.9. The molecule has 6 rings (SSSR count). The van der Waals surface area contributed by atoms with Gasteiger partial charge in [0, 0.05) is 49.1 Å². The summed E-state index contributed by atoms with van der Waals surface area (Å²) in [5.74, 6) is 1.19. The van der Waals surface area contributed by atoms with Gasteiger partial charge in [-0.2, -0.15) is 0 Å². The number of aryl methyl sites for hydroxylation is 1. The fourth-order valence-electron chi connectivity index (χ4n) is 6.42. The highest BCUT2D eigenvalue weighted by Crippen LogP contribution is 2.48. The van der Waals surface area contributed by atoms with Crippen molar-refractivity contribution in [3.05, 3.63) is 76.8 Å². The second-order valence-electron chi connectivity index (χ2n) is 11.3. The zero-order valence-electron chi connectivity index (χ0n) is 24.5. The van der Waals surface area contributed by atoms with Gasteiger partial charge in [-0.25, -0.2) is 4.79 Å². The maximum atomic E-state index is 13.7. The topological polar surface area (TPSA) is 115 Å². The predicted octanol–water partition coefficient (Wildman–Crippen LogP) is 3.46. The predicted molar refractivity (Wildman–Crippen MR) is 168 cm³/mol. The second kappa shape index (κ2) is 12.8. The van der Waals surface area contributed by atoms with E-state index in [2.05, 4.69) is 21.3 Å². The van der Waals surface area contributed by atoms with Crippen molar-refractivity contribution >= 4 is 35.3 Å². The number of nitrogens with zero attached hydrogens (tertiary/aromatic N) is 2. The molecule has 0 radical (unpaired) electrons. The van der Waals surface area contributed by atoms with Crippen LogP contribution in [0.5, 0.6) is 11.5 Å². The Labute approximate surface area is 256 Å². The number of nitrogens with one attached hydrogen (secondary N) is 4. The van der Waals surface area contributed by atoms with E-state index in [9.17, 15) is 14.4 Å². The summed E-state index contributed by atoms with van der Waals surface area (Å²) < 4.78 is 6.01. The summed E-state index contributed by atoms with van der Waals surface area (Å²) in [6, 6.07) is 14.9. The van der Waals surface area contributed by atoms with Gasteiger partial charge in [0.25, 0.3) is 5.91 Å². The minimum atomic E-state index is -0.229. The van der Waals surface area contributed by atoms with Crippen LogP contribution in [-0.2, 0) is 9.59 Å². The number of benzene rings is 2. The van der Waals surface area contributed by atoms with E-state index >= 15 is 0 Å². The number of carbonyl (C=O) groups is 3. The van der Waals surface area contributed by atoms with E-state index in [0.717, 1.165) is 42.8 Å². The molecule has 11 heteroatoms. The van der Waals surface area contributed by atoms with E-state index in [4.69, 9.17) is 4.74 Å². The molecule has 3 unspecified atom stereocenters. The Morgan fingerprint density at radius 3 is 2.77 bits per heavy atom.